The van der Waals surface area contributed by atoms with Crippen molar-refractivity contribution in [3.8, 4) is 0 Å². The van der Waals surface area contributed by atoms with Crippen molar-refractivity contribution >= 4 is 5.97 Å². The predicted octanol–water partition coefficient (Wildman–Crippen LogP) is 2.15. The summed E-state index contributed by atoms with van der Waals surface area (Å²) < 4.78 is 5.06. The third kappa shape index (κ3) is 4.47. The first-order valence-electron chi connectivity index (χ1n) is 5.45. The van der Waals surface area contributed by atoms with Crippen LogP contribution in [0.25, 0.3) is 0 Å². The second kappa shape index (κ2) is 6.62. The number of carbonyl (C=O) groups is 1. The third-order valence-corrected chi connectivity index (χ3v) is 2.97. The van der Waals surface area contributed by atoms with Crippen molar-refractivity contribution in [3.63, 3.8) is 0 Å². The van der Waals surface area contributed by atoms with E-state index in [0.29, 0.717) is 0 Å². The second-order valence-electron chi connectivity index (χ2n) is 4.08. The van der Waals surface area contributed by atoms with Crippen molar-refractivity contribution in [2.75, 3.05) is 0 Å². The first-order chi connectivity index (χ1) is 6.93. The standard InChI is InChI=1S/C12H22O3/c1-6-8(3)12(14)9(4)10(5)15-11(13)7-2/h7-10,12,14H,2,6H2,1,3-5H3. The number of ether oxygens (including phenoxy) is 1. The van der Waals surface area contributed by atoms with Gasteiger partial charge in [0.2, 0.25) is 0 Å². The van der Waals surface area contributed by atoms with Gasteiger partial charge in [0.05, 0.1) is 6.10 Å². The van der Waals surface area contributed by atoms with Gasteiger partial charge in [-0.15, -0.1) is 0 Å². The molecule has 0 fully saturated rings. The van der Waals surface area contributed by atoms with Crippen molar-refractivity contribution in [1.82, 2.24) is 0 Å². The van der Waals surface area contributed by atoms with Crippen LogP contribution in [0.2, 0.25) is 0 Å². The molecular weight excluding hydrogens is 192 g/mol. The van der Waals surface area contributed by atoms with E-state index in [0.717, 1.165) is 12.5 Å². The quantitative estimate of drug-likeness (QED) is 0.544. The zero-order valence-corrected chi connectivity index (χ0v) is 10.1. The zero-order chi connectivity index (χ0) is 12.0. The Morgan fingerprint density at radius 2 is 2.00 bits per heavy atom. The molecule has 0 heterocycles. The van der Waals surface area contributed by atoms with Gasteiger partial charge < -0.3 is 9.84 Å². The molecule has 0 saturated carbocycles. The molecule has 0 aromatic rings. The summed E-state index contributed by atoms with van der Waals surface area (Å²) in [6, 6.07) is 0. The number of hydrogen-bond acceptors (Lipinski definition) is 3. The fourth-order valence-electron chi connectivity index (χ4n) is 1.38. The van der Waals surface area contributed by atoms with Crippen LogP contribution in [0.4, 0.5) is 0 Å². The molecule has 0 rings (SSSR count). The van der Waals surface area contributed by atoms with Gasteiger partial charge in [-0.05, 0) is 12.8 Å². The molecule has 0 bridgehead atoms. The summed E-state index contributed by atoms with van der Waals surface area (Å²) in [4.78, 5) is 11.0. The first kappa shape index (κ1) is 14.2. The highest BCUT2D eigenvalue weighted by molar-refractivity contribution is 5.81. The van der Waals surface area contributed by atoms with Crippen LogP contribution in [-0.2, 0) is 9.53 Å². The normalized spacial score (nSPS) is 18.7. The van der Waals surface area contributed by atoms with Gasteiger partial charge in [0.25, 0.3) is 0 Å². The first-order valence-corrected chi connectivity index (χ1v) is 5.45. The Morgan fingerprint density at radius 1 is 1.47 bits per heavy atom. The molecule has 0 aromatic heterocycles. The van der Waals surface area contributed by atoms with E-state index >= 15 is 0 Å². The molecule has 3 nitrogen and oxygen atoms in total. The number of aliphatic hydroxyl groups excluding tert-OH is 1. The molecule has 88 valence electrons. The Bertz CT molecular complexity index is 213. The van der Waals surface area contributed by atoms with Crippen LogP contribution >= 0.6 is 0 Å². The molecule has 0 aromatic carbocycles. The van der Waals surface area contributed by atoms with E-state index < -0.39 is 12.1 Å². The number of esters is 1. The van der Waals surface area contributed by atoms with Crippen LogP contribution in [0.1, 0.15) is 34.1 Å². The second-order valence-corrected chi connectivity index (χ2v) is 4.08. The van der Waals surface area contributed by atoms with Crippen LogP contribution < -0.4 is 0 Å². The molecular formula is C12H22O3. The Morgan fingerprint density at radius 3 is 2.40 bits per heavy atom. The number of rotatable bonds is 6. The minimum Gasteiger partial charge on any atom is -0.459 e. The highest BCUT2D eigenvalue weighted by Crippen LogP contribution is 2.20. The fourth-order valence-corrected chi connectivity index (χ4v) is 1.38. The number of carbonyl (C=O) groups excluding carboxylic acids is 1. The minimum absolute atomic E-state index is 0.0659. The molecule has 0 aliphatic carbocycles. The minimum atomic E-state index is -0.442. The summed E-state index contributed by atoms with van der Waals surface area (Å²) >= 11 is 0. The Hall–Kier alpha value is -0.830. The van der Waals surface area contributed by atoms with Gasteiger partial charge in [-0.1, -0.05) is 33.8 Å². The fraction of sp³-hybridized carbons (Fsp3) is 0.750. The maximum absolute atomic E-state index is 11.0. The molecule has 0 aliphatic heterocycles. The average molecular weight is 214 g/mol. The lowest BCUT2D eigenvalue weighted by atomic mass is 9.88. The molecule has 0 aliphatic rings. The Kier molecular flexibility index (Phi) is 6.25. The SMILES string of the molecule is C=CC(=O)OC(C)C(C)C(O)C(C)CC. The van der Waals surface area contributed by atoms with E-state index in [-0.39, 0.29) is 17.9 Å². The Labute approximate surface area is 92.1 Å². The number of hydrogen-bond donors (Lipinski definition) is 1. The third-order valence-electron chi connectivity index (χ3n) is 2.97. The highest BCUT2D eigenvalue weighted by atomic mass is 16.5. The van der Waals surface area contributed by atoms with E-state index in [1.165, 1.54) is 0 Å². The summed E-state index contributed by atoms with van der Waals surface area (Å²) in [5.74, 6) is -0.292. The summed E-state index contributed by atoms with van der Waals surface area (Å²) in [5.41, 5.74) is 0. The maximum Gasteiger partial charge on any atom is 0.330 e. The van der Waals surface area contributed by atoms with Gasteiger partial charge >= 0.3 is 5.97 Å². The van der Waals surface area contributed by atoms with Crippen molar-refractivity contribution in [3.05, 3.63) is 12.7 Å². The van der Waals surface area contributed by atoms with Crippen LogP contribution in [0.5, 0.6) is 0 Å². The average Bonchev–Trinajstić information content (AvgIpc) is 2.25. The van der Waals surface area contributed by atoms with Crippen molar-refractivity contribution in [1.29, 1.82) is 0 Å². The largest absolute Gasteiger partial charge is 0.459 e. The Balaban J connectivity index is 4.23. The smallest absolute Gasteiger partial charge is 0.330 e. The molecule has 4 atom stereocenters. The van der Waals surface area contributed by atoms with Crippen LogP contribution in [0.15, 0.2) is 12.7 Å². The van der Waals surface area contributed by atoms with Crippen molar-refractivity contribution in [2.24, 2.45) is 11.8 Å². The van der Waals surface area contributed by atoms with Crippen molar-refractivity contribution < 1.29 is 14.6 Å². The molecule has 0 radical (unpaired) electrons. The van der Waals surface area contributed by atoms with E-state index in [2.05, 4.69) is 6.58 Å². The van der Waals surface area contributed by atoms with Gasteiger partial charge in [-0.2, -0.15) is 0 Å². The molecule has 1 N–H and O–H groups in total. The van der Waals surface area contributed by atoms with E-state index in [1.807, 2.05) is 20.8 Å². The topological polar surface area (TPSA) is 46.5 Å². The summed E-state index contributed by atoms with van der Waals surface area (Å²) in [6.45, 7) is 11.0. The van der Waals surface area contributed by atoms with Crippen LogP contribution in [-0.4, -0.2) is 23.3 Å². The van der Waals surface area contributed by atoms with Gasteiger partial charge in [-0.25, -0.2) is 4.79 Å². The lowest BCUT2D eigenvalue weighted by molar-refractivity contribution is -0.147. The zero-order valence-electron chi connectivity index (χ0n) is 10.1. The lowest BCUT2D eigenvalue weighted by Gasteiger charge is -2.28. The molecule has 4 unspecified atom stereocenters. The number of aliphatic hydroxyl groups is 1. The van der Waals surface area contributed by atoms with Gasteiger partial charge in [0.1, 0.15) is 6.10 Å². The van der Waals surface area contributed by atoms with Gasteiger partial charge in [0, 0.05) is 12.0 Å². The van der Waals surface area contributed by atoms with Crippen LogP contribution in [0, 0.1) is 11.8 Å². The molecule has 15 heavy (non-hydrogen) atoms. The predicted molar refractivity (Wildman–Crippen MR) is 60.4 cm³/mol. The monoisotopic (exact) mass is 214 g/mol. The molecule has 0 saturated heterocycles. The summed E-state index contributed by atoms with van der Waals surface area (Å²) in [7, 11) is 0. The summed E-state index contributed by atoms with van der Waals surface area (Å²) in [5, 5.41) is 9.93. The molecule has 0 spiro atoms. The maximum atomic E-state index is 11.0. The van der Waals surface area contributed by atoms with Crippen molar-refractivity contribution in [2.45, 2.75) is 46.3 Å². The molecule has 3 heteroatoms. The van der Waals surface area contributed by atoms with Gasteiger partial charge in [0.15, 0.2) is 0 Å². The van der Waals surface area contributed by atoms with E-state index in [1.54, 1.807) is 6.92 Å². The molecule has 0 amide bonds. The summed E-state index contributed by atoms with van der Waals surface area (Å²) in [6.07, 6.45) is 1.31. The van der Waals surface area contributed by atoms with E-state index in [4.69, 9.17) is 4.74 Å². The lowest BCUT2D eigenvalue weighted by Crippen LogP contribution is -2.34. The van der Waals surface area contributed by atoms with Gasteiger partial charge in [-0.3, -0.25) is 0 Å². The van der Waals surface area contributed by atoms with Crippen LogP contribution in [0.3, 0.4) is 0 Å². The van der Waals surface area contributed by atoms with E-state index in [9.17, 15) is 9.90 Å². The highest BCUT2D eigenvalue weighted by Gasteiger charge is 2.26.